The van der Waals surface area contributed by atoms with Gasteiger partial charge in [-0.15, -0.1) is 0 Å². The summed E-state index contributed by atoms with van der Waals surface area (Å²) >= 11 is 0. The van der Waals surface area contributed by atoms with Gasteiger partial charge in [0.15, 0.2) is 9.84 Å². The van der Waals surface area contributed by atoms with E-state index in [4.69, 9.17) is 9.47 Å². The molecule has 0 aromatic heterocycles. The third-order valence-corrected chi connectivity index (χ3v) is 6.50. The molecule has 3 rings (SSSR count). The summed E-state index contributed by atoms with van der Waals surface area (Å²) in [5, 5.41) is 6.32. The molecule has 3 aliphatic rings. The third kappa shape index (κ3) is 3.80. The number of carbonyl (C=O) groups excluding carboxylic acids is 1. The zero-order valence-electron chi connectivity index (χ0n) is 13.9. The lowest BCUT2D eigenvalue weighted by atomic mass is 9.71. The largest absolute Gasteiger partial charge is 0.444 e. The van der Waals surface area contributed by atoms with E-state index in [-0.39, 0.29) is 41.7 Å². The van der Waals surface area contributed by atoms with Crippen LogP contribution in [-0.4, -0.2) is 62.5 Å². The molecule has 5 atom stereocenters. The number of alkyl carbamates (subject to hydrolysis) is 1. The first-order valence-corrected chi connectivity index (χ1v) is 10.0. The van der Waals surface area contributed by atoms with Crippen LogP contribution in [0.15, 0.2) is 0 Å². The SMILES string of the molecule is CC(C)(C)OC(=O)NC1C2CCOC2C1NC1CCS(=O)(=O)C1. The van der Waals surface area contributed by atoms with Crippen molar-refractivity contribution in [2.24, 2.45) is 5.92 Å². The Bertz CT molecular complexity index is 571. The molecule has 0 spiro atoms. The second-order valence-electron chi connectivity index (χ2n) is 7.75. The molecule has 1 amide bonds. The van der Waals surface area contributed by atoms with Crippen molar-refractivity contribution in [1.82, 2.24) is 10.6 Å². The summed E-state index contributed by atoms with van der Waals surface area (Å²) in [6, 6.07) is -0.174. The highest BCUT2D eigenvalue weighted by Crippen LogP contribution is 2.39. The van der Waals surface area contributed by atoms with Gasteiger partial charge in [0.2, 0.25) is 0 Å². The number of nitrogens with one attached hydrogen (secondary N) is 2. The lowest BCUT2D eigenvalue weighted by molar-refractivity contribution is -0.0367. The number of amides is 1. The summed E-state index contributed by atoms with van der Waals surface area (Å²) in [6.07, 6.45) is 1.15. The molecule has 0 radical (unpaired) electrons. The molecular formula is C15H26N2O5S. The summed E-state index contributed by atoms with van der Waals surface area (Å²) in [7, 11) is -2.93. The van der Waals surface area contributed by atoms with E-state index in [1.165, 1.54) is 0 Å². The van der Waals surface area contributed by atoms with Crippen LogP contribution < -0.4 is 10.6 Å². The highest BCUT2D eigenvalue weighted by Gasteiger charge is 2.55. The van der Waals surface area contributed by atoms with Gasteiger partial charge in [-0.2, -0.15) is 0 Å². The van der Waals surface area contributed by atoms with Crippen LogP contribution in [0.25, 0.3) is 0 Å². The molecule has 5 unspecified atom stereocenters. The number of carbonyl (C=O) groups is 1. The van der Waals surface area contributed by atoms with Crippen LogP contribution in [0.3, 0.4) is 0 Å². The van der Waals surface area contributed by atoms with Gasteiger partial charge in [0.05, 0.1) is 29.7 Å². The van der Waals surface area contributed by atoms with Gasteiger partial charge in [0.1, 0.15) is 5.60 Å². The lowest BCUT2D eigenvalue weighted by Crippen LogP contribution is -2.71. The highest BCUT2D eigenvalue weighted by molar-refractivity contribution is 7.91. The predicted octanol–water partition coefficient (Wildman–Crippen LogP) is 0.444. The summed E-state index contributed by atoms with van der Waals surface area (Å²) in [5.74, 6) is 0.675. The minimum Gasteiger partial charge on any atom is -0.444 e. The summed E-state index contributed by atoms with van der Waals surface area (Å²) < 4.78 is 34.3. The number of hydrogen-bond acceptors (Lipinski definition) is 6. The Kier molecular flexibility index (Phi) is 4.35. The van der Waals surface area contributed by atoms with Crippen molar-refractivity contribution in [3.05, 3.63) is 0 Å². The summed E-state index contributed by atoms with van der Waals surface area (Å²) in [4.78, 5) is 12.0. The number of fused-ring (bicyclic) bond motifs is 1. The average molecular weight is 346 g/mol. The van der Waals surface area contributed by atoms with Crippen molar-refractivity contribution in [2.75, 3.05) is 18.1 Å². The maximum atomic E-state index is 12.0. The Morgan fingerprint density at radius 3 is 2.57 bits per heavy atom. The second kappa shape index (κ2) is 5.89. The maximum absolute atomic E-state index is 12.0. The van der Waals surface area contributed by atoms with Gasteiger partial charge < -0.3 is 20.1 Å². The fourth-order valence-corrected chi connectivity index (χ4v) is 5.43. The Morgan fingerprint density at radius 2 is 1.96 bits per heavy atom. The Hall–Kier alpha value is -0.860. The monoisotopic (exact) mass is 346 g/mol. The van der Waals surface area contributed by atoms with E-state index >= 15 is 0 Å². The fourth-order valence-electron chi connectivity index (χ4n) is 3.74. The molecule has 2 aliphatic heterocycles. The second-order valence-corrected chi connectivity index (χ2v) is 9.98. The van der Waals surface area contributed by atoms with Crippen molar-refractivity contribution in [3.8, 4) is 0 Å². The van der Waals surface area contributed by atoms with Gasteiger partial charge in [-0.25, -0.2) is 13.2 Å². The molecule has 3 fully saturated rings. The fraction of sp³-hybridized carbons (Fsp3) is 0.933. The Balaban J connectivity index is 1.60. The lowest BCUT2D eigenvalue weighted by Gasteiger charge is -2.49. The third-order valence-electron chi connectivity index (χ3n) is 4.73. The molecule has 132 valence electrons. The van der Waals surface area contributed by atoms with Crippen LogP contribution in [-0.2, 0) is 19.3 Å². The van der Waals surface area contributed by atoms with Crippen molar-refractivity contribution in [2.45, 2.75) is 63.4 Å². The minimum absolute atomic E-state index is 0.0479. The van der Waals surface area contributed by atoms with Crippen LogP contribution in [0, 0.1) is 5.92 Å². The maximum Gasteiger partial charge on any atom is 0.407 e. The molecule has 2 heterocycles. The Labute approximate surface area is 137 Å². The van der Waals surface area contributed by atoms with E-state index in [0.717, 1.165) is 6.42 Å². The number of hydrogen-bond donors (Lipinski definition) is 2. The van der Waals surface area contributed by atoms with E-state index in [1.54, 1.807) is 0 Å². The van der Waals surface area contributed by atoms with E-state index < -0.39 is 21.5 Å². The zero-order chi connectivity index (χ0) is 16.8. The van der Waals surface area contributed by atoms with Crippen LogP contribution in [0.2, 0.25) is 0 Å². The van der Waals surface area contributed by atoms with Gasteiger partial charge in [0.25, 0.3) is 0 Å². The first-order chi connectivity index (χ1) is 10.6. The van der Waals surface area contributed by atoms with Crippen molar-refractivity contribution >= 4 is 15.9 Å². The number of sulfone groups is 1. The van der Waals surface area contributed by atoms with Gasteiger partial charge in [-0.3, -0.25) is 0 Å². The molecule has 1 aliphatic carbocycles. The van der Waals surface area contributed by atoms with E-state index in [0.29, 0.717) is 13.0 Å². The first kappa shape index (κ1) is 17.0. The molecule has 2 N–H and O–H groups in total. The molecule has 23 heavy (non-hydrogen) atoms. The molecule has 8 heteroatoms. The van der Waals surface area contributed by atoms with Crippen LogP contribution >= 0.6 is 0 Å². The van der Waals surface area contributed by atoms with Crippen LogP contribution in [0.1, 0.15) is 33.6 Å². The average Bonchev–Trinajstić information content (AvgIpc) is 2.95. The smallest absolute Gasteiger partial charge is 0.407 e. The molecular weight excluding hydrogens is 320 g/mol. The van der Waals surface area contributed by atoms with Crippen LogP contribution in [0.4, 0.5) is 4.79 Å². The summed E-state index contributed by atoms with van der Waals surface area (Å²) in [6.45, 7) is 6.17. The van der Waals surface area contributed by atoms with Gasteiger partial charge >= 0.3 is 6.09 Å². The molecule has 0 bridgehead atoms. The number of rotatable bonds is 3. The molecule has 7 nitrogen and oxygen atoms in total. The standard InChI is InChI=1S/C15H26N2O5S/c1-15(2,3)22-14(18)17-11-10-4-6-21-13(10)12(11)16-9-5-7-23(19,20)8-9/h9-13,16H,4-8H2,1-3H3,(H,17,18). The zero-order valence-corrected chi connectivity index (χ0v) is 14.7. The topological polar surface area (TPSA) is 93.7 Å². The highest BCUT2D eigenvalue weighted by atomic mass is 32.2. The van der Waals surface area contributed by atoms with E-state index in [2.05, 4.69) is 10.6 Å². The molecule has 1 saturated carbocycles. The van der Waals surface area contributed by atoms with Crippen LogP contribution in [0.5, 0.6) is 0 Å². The molecule has 2 saturated heterocycles. The van der Waals surface area contributed by atoms with Crippen molar-refractivity contribution in [3.63, 3.8) is 0 Å². The van der Waals surface area contributed by atoms with Gasteiger partial charge in [-0.1, -0.05) is 0 Å². The summed E-state index contributed by atoms with van der Waals surface area (Å²) in [5.41, 5.74) is -0.540. The van der Waals surface area contributed by atoms with Gasteiger partial charge in [-0.05, 0) is 33.6 Å². The van der Waals surface area contributed by atoms with Crippen molar-refractivity contribution < 1.29 is 22.7 Å². The first-order valence-electron chi connectivity index (χ1n) is 8.22. The molecule has 0 aromatic rings. The normalized spacial score (nSPS) is 38.7. The predicted molar refractivity (Wildman–Crippen MR) is 85.0 cm³/mol. The van der Waals surface area contributed by atoms with E-state index in [9.17, 15) is 13.2 Å². The Morgan fingerprint density at radius 1 is 1.22 bits per heavy atom. The van der Waals surface area contributed by atoms with E-state index in [1.807, 2.05) is 20.8 Å². The van der Waals surface area contributed by atoms with Gasteiger partial charge in [0, 0.05) is 18.6 Å². The van der Waals surface area contributed by atoms with Crippen molar-refractivity contribution in [1.29, 1.82) is 0 Å². The number of ether oxygens (including phenoxy) is 2. The minimum atomic E-state index is -2.93. The quantitative estimate of drug-likeness (QED) is 0.770. The molecule has 0 aromatic carbocycles.